The summed E-state index contributed by atoms with van der Waals surface area (Å²) >= 11 is 3.18. The predicted molar refractivity (Wildman–Crippen MR) is 100 cm³/mol. The summed E-state index contributed by atoms with van der Waals surface area (Å²) in [5, 5.41) is 9.02. The molecule has 0 fully saturated rings. The van der Waals surface area contributed by atoms with E-state index in [1.807, 2.05) is 42.8 Å². The summed E-state index contributed by atoms with van der Waals surface area (Å²) in [6, 6.07) is 9.91. The third-order valence-electron chi connectivity index (χ3n) is 3.52. The maximum atomic E-state index is 5.37. The van der Waals surface area contributed by atoms with Crippen LogP contribution in [0.25, 0.3) is 17.2 Å². The first-order chi connectivity index (χ1) is 12.8. The standard InChI is InChI=1S/C17H14N6OS2/c1-25-13-5-3-12(4-6-13)15-21-14(24-22-15)11-26-17-16(18-8-9-19-17)23-10-2-7-20-23/h2-10H,11H2,1H3. The normalized spacial score (nSPS) is 11.0. The molecule has 0 saturated heterocycles. The number of rotatable bonds is 6. The summed E-state index contributed by atoms with van der Waals surface area (Å²) in [6.07, 6.45) is 8.88. The molecule has 3 heterocycles. The van der Waals surface area contributed by atoms with Gasteiger partial charge in [0.05, 0.1) is 5.75 Å². The van der Waals surface area contributed by atoms with Crippen molar-refractivity contribution < 1.29 is 4.52 Å². The molecule has 9 heteroatoms. The molecular formula is C17H14N6OS2. The molecule has 0 N–H and O–H groups in total. The first-order valence-corrected chi connectivity index (χ1v) is 9.95. The lowest BCUT2D eigenvalue weighted by Gasteiger charge is -2.05. The maximum Gasteiger partial charge on any atom is 0.237 e. The van der Waals surface area contributed by atoms with Crippen molar-refractivity contribution in [2.24, 2.45) is 0 Å². The molecule has 0 atom stereocenters. The van der Waals surface area contributed by atoms with Crippen molar-refractivity contribution >= 4 is 23.5 Å². The van der Waals surface area contributed by atoms with Gasteiger partial charge in [-0.25, -0.2) is 14.6 Å². The van der Waals surface area contributed by atoms with Crippen LogP contribution < -0.4 is 0 Å². The number of hydrogen-bond acceptors (Lipinski definition) is 8. The van der Waals surface area contributed by atoms with Crippen molar-refractivity contribution in [3.8, 4) is 17.2 Å². The van der Waals surface area contributed by atoms with Crippen molar-refractivity contribution in [2.75, 3.05) is 6.26 Å². The van der Waals surface area contributed by atoms with Gasteiger partial charge in [-0.15, -0.1) is 11.8 Å². The Bertz CT molecular complexity index is 985. The van der Waals surface area contributed by atoms with Crippen molar-refractivity contribution in [1.29, 1.82) is 0 Å². The van der Waals surface area contributed by atoms with Crippen LogP contribution >= 0.6 is 23.5 Å². The van der Waals surface area contributed by atoms with E-state index in [0.29, 0.717) is 23.3 Å². The lowest BCUT2D eigenvalue weighted by Crippen LogP contribution is -2.01. The lowest BCUT2D eigenvalue weighted by atomic mass is 10.2. The van der Waals surface area contributed by atoms with Gasteiger partial charge in [0.2, 0.25) is 11.7 Å². The second-order valence-electron chi connectivity index (χ2n) is 5.16. The minimum atomic E-state index is 0.503. The molecule has 0 bridgehead atoms. The molecule has 0 saturated carbocycles. The van der Waals surface area contributed by atoms with Gasteiger partial charge in [0.25, 0.3) is 0 Å². The first-order valence-electron chi connectivity index (χ1n) is 7.74. The average Bonchev–Trinajstić information content (AvgIpc) is 3.39. The van der Waals surface area contributed by atoms with Crippen LogP contribution in [0.5, 0.6) is 0 Å². The Labute approximate surface area is 158 Å². The topological polar surface area (TPSA) is 82.5 Å². The summed E-state index contributed by atoms with van der Waals surface area (Å²) in [4.78, 5) is 14.4. The smallest absolute Gasteiger partial charge is 0.237 e. The van der Waals surface area contributed by atoms with Gasteiger partial charge in [-0.05, 0) is 36.6 Å². The van der Waals surface area contributed by atoms with Gasteiger partial charge in [-0.1, -0.05) is 16.9 Å². The van der Waals surface area contributed by atoms with Crippen molar-refractivity contribution in [1.82, 2.24) is 29.9 Å². The number of aromatic nitrogens is 6. The van der Waals surface area contributed by atoms with E-state index < -0.39 is 0 Å². The highest BCUT2D eigenvalue weighted by atomic mass is 32.2. The average molecular weight is 382 g/mol. The summed E-state index contributed by atoms with van der Waals surface area (Å²) < 4.78 is 7.05. The van der Waals surface area contributed by atoms with Crippen LogP contribution in [0.2, 0.25) is 0 Å². The van der Waals surface area contributed by atoms with Crippen LogP contribution in [0.15, 0.2) is 69.6 Å². The number of hydrogen-bond donors (Lipinski definition) is 0. The number of benzene rings is 1. The summed E-state index contributed by atoms with van der Waals surface area (Å²) in [5.74, 6) is 2.30. The Hall–Kier alpha value is -2.65. The van der Waals surface area contributed by atoms with Crippen LogP contribution in [0.1, 0.15) is 5.89 Å². The van der Waals surface area contributed by atoms with E-state index in [4.69, 9.17) is 4.52 Å². The maximum absolute atomic E-state index is 5.37. The quantitative estimate of drug-likeness (QED) is 0.467. The zero-order valence-corrected chi connectivity index (χ0v) is 15.4. The third-order valence-corrected chi connectivity index (χ3v) is 5.21. The predicted octanol–water partition coefficient (Wildman–Crippen LogP) is 3.73. The van der Waals surface area contributed by atoms with Crippen molar-refractivity contribution in [3.63, 3.8) is 0 Å². The molecule has 0 aliphatic rings. The second-order valence-corrected chi connectivity index (χ2v) is 7.01. The molecule has 0 amide bonds. The lowest BCUT2D eigenvalue weighted by molar-refractivity contribution is 0.391. The fraction of sp³-hybridized carbons (Fsp3) is 0.118. The molecule has 4 aromatic rings. The molecule has 1 aromatic carbocycles. The van der Waals surface area contributed by atoms with Crippen LogP contribution in [0.4, 0.5) is 0 Å². The molecule has 4 rings (SSSR count). The molecule has 0 radical (unpaired) electrons. The largest absolute Gasteiger partial charge is 0.338 e. The van der Waals surface area contributed by atoms with Crippen LogP contribution in [0.3, 0.4) is 0 Å². The number of nitrogens with zero attached hydrogens (tertiary/aromatic N) is 6. The Morgan fingerprint density at radius 3 is 2.69 bits per heavy atom. The van der Waals surface area contributed by atoms with E-state index in [-0.39, 0.29) is 0 Å². The molecule has 130 valence electrons. The Kier molecular flexibility index (Phi) is 4.98. The van der Waals surface area contributed by atoms with E-state index >= 15 is 0 Å². The molecular weight excluding hydrogens is 368 g/mol. The highest BCUT2D eigenvalue weighted by Crippen LogP contribution is 2.26. The van der Waals surface area contributed by atoms with Crippen LogP contribution in [0, 0.1) is 0 Å². The van der Waals surface area contributed by atoms with E-state index in [1.54, 1.807) is 35.0 Å². The molecule has 0 spiro atoms. The third kappa shape index (κ3) is 3.63. The molecule has 7 nitrogen and oxygen atoms in total. The highest BCUT2D eigenvalue weighted by molar-refractivity contribution is 7.98. The van der Waals surface area contributed by atoms with E-state index in [1.165, 1.54) is 16.7 Å². The second kappa shape index (κ2) is 7.71. The minimum absolute atomic E-state index is 0.503. The van der Waals surface area contributed by atoms with Gasteiger partial charge in [-0.3, -0.25) is 0 Å². The fourth-order valence-electron chi connectivity index (χ4n) is 2.27. The fourth-order valence-corrected chi connectivity index (χ4v) is 3.47. The van der Waals surface area contributed by atoms with Crippen LogP contribution in [-0.4, -0.2) is 36.1 Å². The number of thioether (sulfide) groups is 2. The first kappa shape index (κ1) is 16.8. The van der Waals surface area contributed by atoms with Gasteiger partial charge in [0.15, 0.2) is 5.82 Å². The molecule has 0 aliphatic heterocycles. The van der Waals surface area contributed by atoms with E-state index in [0.717, 1.165) is 10.6 Å². The zero-order chi connectivity index (χ0) is 17.8. The van der Waals surface area contributed by atoms with Gasteiger partial charge in [-0.2, -0.15) is 10.1 Å². The Balaban J connectivity index is 1.49. The summed E-state index contributed by atoms with van der Waals surface area (Å²) in [6.45, 7) is 0. The van der Waals surface area contributed by atoms with Gasteiger partial charge < -0.3 is 4.52 Å². The minimum Gasteiger partial charge on any atom is -0.338 e. The van der Waals surface area contributed by atoms with Gasteiger partial charge in [0.1, 0.15) is 5.03 Å². The van der Waals surface area contributed by atoms with Crippen molar-refractivity contribution in [3.05, 3.63) is 61.0 Å². The Morgan fingerprint density at radius 1 is 1.08 bits per heavy atom. The SMILES string of the molecule is CSc1ccc(-c2noc(CSc3nccnc3-n3cccn3)n2)cc1. The molecule has 0 unspecified atom stereocenters. The Morgan fingerprint density at radius 2 is 1.92 bits per heavy atom. The van der Waals surface area contributed by atoms with Crippen molar-refractivity contribution in [2.45, 2.75) is 15.7 Å². The molecule has 3 aromatic heterocycles. The van der Waals surface area contributed by atoms with Gasteiger partial charge in [0, 0.05) is 35.2 Å². The zero-order valence-electron chi connectivity index (χ0n) is 13.8. The van der Waals surface area contributed by atoms with E-state index in [2.05, 4.69) is 25.2 Å². The summed E-state index contributed by atoms with van der Waals surface area (Å²) in [5.41, 5.74) is 0.930. The molecule has 26 heavy (non-hydrogen) atoms. The molecule has 0 aliphatic carbocycles. The van der Waals surface area contributed by atoms with Gasteiger partial charge >= 0.3 is 0 Å². The summed E-state index contributed by atoms with van der Waals surface area (Å²) in [7, 11) is 0. The van der Waals surface area contributed by atoms with Crippen LogP contribution in [-0.2, 0) is 5.75 Å². The highest BCUT2D eigenvalue weighted by Gasteiger charge is 2.13. The monoisotopic (exact) mass is 382 g/mol. The van der Waals surface area contributed by atoms with E-state index in [9.17, 15) is 0 Å².